The molecule has 1 rings (SSSR count). The second kappa shape index (κ2) is 10.7. The van der Waals surface area contributed by atoms with Gasteiger partial charge in [-0.3, -0.25) is 10.4 Å². The van der Waals surface area contributed by atoms with Gasteiger partial charge in [0.05, 0.1) is 0 Å². The van der Waals surface area contributed by atoms with Gasteiger partial charge in [0.2, 0.25) is 0 Å². The topological polar surface area (TPSA) is 37.3 Å². The Bertz CT molecular complexity index is 410. The van der Waals surface area contributed by atoms with Crippen LogP contribution >= 0.6 is 24.0 Å². The number of carboxylic acid groups (broad SMARTS) is 1. The number of carboxylic acids is 1. The number of aryl methyl sites for hydroxylation is 2. The van der Waals surface area contributed by atoms with Crippen LogP contribution < -0.4 is 0 Å². The van der Waals surface area contributed by atoms with Crippen LogP contribution in [-0.2, 0) is 58.6 Å². The van der Waals surface area contributed by atoms with Crippen LogP contribution in [0.25, 0.3) is 5.57 Å². The van der Waals surface area contributed by atoms with Gasteiger partial charge in [0, 0.05) is 39.1 Å². The standard InChI is InChI=1S/C13H14O2.HI.W.Y/c1-8-5-12(6-9(2)11(8)4)10(3)7-13(14)15;;;/h3,5H,7H2,1-2,4H3,(H,14,15);1H;;/q-2;;+2;. The summed E-state index contributed by atoms with van der Waals surface area (Å²) < 4.78 is 0. The molecule has 2 nitrogen and oxygen atoms in total. The molecule has 5 heteroatoms. The van der Waals surface area contributed by atoms with Gasteiger partial charge in [-0.25, -0.2) is 12.1 Å². The Kier molecular flexibility index (Phi) is 14.3. The first kappa shape index (κ1) is 24.0. The molecule has 0 unspecified atom stereocenters. The van der Waals surface area contributed by atoms with E-state index in [0.29, 0.717) is 11.1 Å². The molecule has 1 aromatic rings. The number of hydrogen-bond acceptors (Lipinski definition) is 1. The van der Waals surface area contributed by atoms with Crippen LogP contribution in [0.1, 0.15) is 28.7 Å². The minimum atomic E-state index is -0.920. The fourth-order valence-corrected chi connectivity index (χ4v) is 1.38. The third kappa shape index (κ3) is 6.93. The zero-order valence-electron chi connectivity index (χ0n) is 10.6. The van der Waals surface area contributed by atoms with Crippen molar-refractivity contribution in [3.63, 3.8) is 0 Å². The first-order valence-electron chi connectivity index (χ1n) is 4.75. The van der Waals surface area contributed by atoms with E-state index in [9.17, 15) is 4.79 Å². The van der Waals surface area contributed by atoms with Crippen molar-refractivity contribution in [2.75, 3.05) is 0 Å². The minimum absolute atomic E-state index is 0. The normalized spacial score (nSPS) is 8.39. The van der Waals surface area contributed by atoms with E-state index in [1.807, 2.05) is 26.8 Å². The van der Waals surface area contributed by atoms with E-state index < -0.39 is 5.97 Å². The first-order valence-corrected chi connectivity index (χ1v) is 4.75. The second-order valence-electron chi connectivity index (χ2n) is 3.71. The largest absolute Gasteiger partial charge is 2.00 e. The predicted molar refractivity (Wildman–Crippen MR) is 74.9 cm³/mol. The van der Waals surface area contributed by atoms with E-state index in [1.54, 1.807) is 0 Å². The summed E-state index contributed by atoms with van der Waals surface area (Å²) in [4.78, 5) is 10.5. The first-order chi connectivity index (χ1) is 6.91. The third-order valence-electron chi connectivity index (χ3n) is 2.52. The van der Waals surface area contributed by atoms with E-state index in [0.717, 1.165) is 11.1 Å². The van der Waals surface area contributed by atoms with Crippen LogP contribution in [0, 0.1) is 33.4 Å². The molecule has 0 fully saturated rings. The summed E-state index contributed by atoms with van der Waals surface area (Å²) >= 11 is 0. The zero-order valence-corrected chi connectivity index (χ0v) is 18.7. The summed E-state index contributed by atoms with van der Waals surface area (Å²) in [6, 6.07) is 4.97. The fourth-order valence-electron chi connectivity index (χ4n) is 1.38. The number of hydrogen-bond donors (Lipinski definition) is 1. The van der Waals surface area contributed by atoms with Crippen molar-refractivity contribution in [1.29, 1.82) is 0 Å². The Morgan fingerprint density at radius 1 is 1.39 bits per heavy atom. The maximum Gasteiger partial charge on any atom is 2.00 e. The summed E-state index contributed by atoms with van der Waals surface area (Å²) in [6.07, 6.45) is -0.140. The predicted octanol–water partition coefficient (Wildman–Crippen LogP) is 3.32. The number of benzene rings is 1. The van der Waals surface area contributed by atoms with Crippen LogP contribution in [0.3, 0.4) is 0 Å². The molecule has 1 N–H and O–H groups in total. The molecule has 0 atom stereocenters. The van der Waals surface area contributed by atoms with Gasteiger partial charge in [-0.2, -0.15) is 5.56 Å². The molecule has 0 saturated heterocycles. The second-order valence-corrected chi connectivity index (χ2v) is 3.71. The van der Waals surface area contributed by atoms with E-state index >= 15 is 0 Å². The summed E-state index contributed by atoms with van der Waals surface area (Å²) in [5.74, 6) is -0.920. The van der Waals surface area contributed by atoms with Crippen molar-refractivity contribution in [1.82, 2.24) is 0 Å². The van der Waals surface area contributed by atoms with E-state index in [4.69, 9.17) is 11.7 Å². The van der Waals surface area contributed by atoms with Gasteiger partial charge >= 0.3 is 21.1 Å². The molecule has 0 heterocycles. The maximum atomic E-state index is 10.5. The number of halogens is 1. The Morgan fingerprint density at radius 3 is 2.28 bits per heavy atom. The van der Waals surface area contributed by atoms with Gasteiger partial charge < -0.3 is 17.2 Å². The maximum absolute atomic E-state index is 10.5. The number of aliphatic carboxylic acids is 1. The van der Waals surface area contributed by atoms with Crippen LogP contribution in [0.4, 0.5) is 0 Å². The quantitative estimate of drug-likeness (QED) is 0.426. The molecule has 18 heavy (non-hydrogen) atoms. The molecule has 1 aromatic carbocycles. The zero-order chi connectivity index (χ0) is 11.6. The SMILES string of the molecule is I.[CH-]=C(CC(=O)O)c1[c-]c(C)c(C)c(C)c1.[W+2].[Y]. The Morgan fingerprint density at radius 2 is 1.89 bits per heavy atom. The van der Waals surface area contributed by atoms with Crippen molar-refractivity contribution in [2.24, 2.45) is 0 Å². The van der Waals surface area contributed by atoms with Crippen molar-refractivity contribution in [3.05, 3.63) is 41.0 Å². The minimum Gasteiger partial charge on any atom is -0.482 e. The van der Waals surface area contributed by atoms with Crippen molar-refractivity contribution in [3.8, 4) is 0 Å². The average Bonchev–Trinajstić information content (AvgIpc) is 2.12. The molecular weight excluding hydrogens is 588 g/mol. The number of rotatable bonds is 3. The fraction of sp³-hybridized carbons (Fsp3) is 0.308. The molecule has 95 valence electrons. The molecule has 0 aromatic heterocycles. The van der Waals surface area contributed by atoms with E-state index in [-0.39, 0.29) is 84.2 Å². The van der Waals surface area contributed by atoms with Crippen molar-refractivity contribution >= 4 is 35.5 Å². The van der Waals surface area contributed by atoms with Gasteiger partial charge in [0.1, 0.15) is 0 Å². The van der Waals surface area contributed by atoms with Gasteiger partial charge in [0.15, 0.2) is 0 Å². The summed E-state index contributed by atoms with van der Waals surface area (Å²) in [5.41, 5.74) is 4.33. The molecule has 1 radical (unpaired) electrons. The molecule has 0 spiro atoms. The Labute approximate surface area is 165 Å². The Balaban J connectivity index is -0.000000750. The average molecular weight is 603 g/mol. The third-order valence-corrected chi connectivity index (χ3v) is 2.52. The summed E-state index contributed by atoms with van der Waals surface area (Å²) in [6.45, 7) is 11.6. The van der Waals surface area contributed by atoms with Crippen LogP contribution in [-0.4, -0.2) is 11.1 Å². The molecule has 0 aliphatic carbocycles. The van der Waals surface area contributed by atoms with Gasteiger partial charge in [-0.15, -0.1) is 35.1 Å². The summed E-state index contributed by atoms with van der Waals surface area (Å²) in [5, 5.41) is 8.62. The molecule has 0 bridgehead atoms. The van der Waals surface area contributed by atoms with Crippen LogP contribution in [0.15, 0.2) is 6.07 Å². The molecule has 0 saturated carbocycles. The molecule has 0 amide bonds. The molecule has 0 aliphatic rings. The monoisotopic (exact) mass is 603 g/mol. The number of carbonyl (C=O) groups is 1. The Hall–Kier alpha value is 0.952. The van der Waals surface area contributed by atoms with Crippen molar-refractivity contribution < 1.29 is 63.7 Å². The van der Waals surface area contributed by atoms with Crippen LogP contribution in [0.2, 0.25) is 0 Å². The van der Waals surface area contributed by atoms with E-state index in [2.05, 4.69) is 6.07 Å². The summed E-state index contributed by atoms with van der Waals surface area (Å²) in [7, 11) is 0. The van der Waals surface area contributed by atoms with Gasteiger partial charge in [-0.05, 0) is 0 Å². The van der Waals surface area contributed by atoms with Gasteiger partial charge in [0.25, 0.3) is 5.97 Å². The smallest absolute Gasteiger partial charge is 0.482 e. The van der Waals surface area contributed by atoms with Gasteiger partial charge in [-0.1, -0.05) is 20.8 Å². The van der Waals surface area contributed by atoms with Crippen molar-refractivity contribution in [2.45, 2.75) is 27.2 Å². The van der Waals surface area contributed by atoms with E-state index in [1.165, 1.54) is 5.56 Å². The molecule has 0 aliphatic heterocycles. The van der Waals surface area contributed by atoms with Crippen LogP contribution in [0.5, 0.6) is 0 Å². The molecular formula is C13H15IO2WY.